The van der Waals surface area contributed by atoms with Crippen LogP contribution in [0.3, 0.4) is 0 Å². The highest BCUT2D eigenvalue weighted by Gasteiger charge is 2.16. The predicted molar refractivity (Wildman–Crippen MR) is 57.4 cm³/mol. The Bertz CT molecular complexity index is 248. The van der Waals surface area contributed by atoms with Crippen LogP contribution in [-0.4, -0.2) is 17.3 Å². The lowest BCUT2D eigenvalue weighted by atomic mass is 9.98. The van der Waals surface area contributed by atoms with E-state index in [1.54, 1.807) is 12.4 Å². The predicted octanol–water partition coefficient (Wildman–Crippen LogP) is 2.42. The van der Waals surface area contributed by atoms with Crippen molar-refractivity contribution in [2.24, 2.45) is 5.41 Å². The smallest absolute Gasteiger partial charge is 0.137 e. The molecule has 1 aromatic heterocycles. The van der Waals surface area contributed by atoms with Crippen LogP contribution < -0.4 is 4.74 Å². The van der Waals surface area contributed by atoms with Gasteiger partial charge in [-0.2, -0.15) is 12.6 Å². The third kappa shape index (κ3) is 3.68. The summed E-state index contributed by atoms with van der Waals surface area (Å²) < 4.78 is 5.55. The van der Waals surface area contributed by atoms with Crippen LogP contribution >= 0.6 is 12.6 Å². The van der Waals surface area contributed by atoms with Crippen LogP contribution in [0.5, 0.6) is 5.75 Å². The van der Waals surface area contributed by atoms with Gasteiger partial charge in [0.15, 0.2) is 0 Å². The van der Waals surface area contributed by atoms with Crippen LogP contribution in [0.1, 0.15) is 13.8 Å². The van der Waals surface area contributed by atoms with Crippen molar-refractivity contribution in [3.8, 4) is 5.75 Å². The summed E-state index contributed by atoms with van der Waals surface area (Å²) in [5, 5.41) is 0. The molecule has 0 fully saturated rings. The summed E-state index contributed by atoms with van der Waals surface area (Å²) in [5.41, 5.74) is 0.110. The molecule has 72 valence electrons. The second kappa shape index (κ2) is 4.51. The molecular weight excluding hydrogens is 182 g/mol. The average molecular weight is 197 g/mol. The summed E-state index contributed by atoms with van der Waals surface area (Å²) in [5.74, 6) is 1.63. The molecule has 0 spiro atoms. The molecule has 0 aromatic carbocycles. The Morgan fingerprint density at radius 3 is 2.85 bits per heavy atom. The fourth-order valence-corrected chi connectivity index (χ4v) is 0.848. The number of hydrogen-bond donors (Lipinski definition) is 1. The van der Waals surface area contributed by atoms with Crippen LogP contribution in [0.2, 0.25) is 0 Å². The molecule has 3 heteroatoms. The number of pyridine rings is 1. The number of thiol groups is 1. The molecule has 0 radical (unpaired) electrons. The maximum atomic E-state index is 5.55. The van der Waals surface area contributed by atoms with E-state index in [4.69, 9.17) is 4.74 Å². The Hall–Kier alpha value is -0.700. The number of aromatic nitrogens is 1. The van der Waals surface area contributed by atoms with E-state index in [2.05, 4.69) is 31.5 Å². The van der Waals surface area contributed by atoms with Crippen LogP contribution in [-0.2, 0) is 0 Å². The van der Waals surface area contributed by atoms with Crippen molar-refractivity contribution < 1.29 is 4.74 Å². The maximum absolute atomic E-state index is 5.55. The maximum Gasteiger partial charge on any atom is 0.137 e. The first-order valence-electron chi connectivity index (χ1n) is 4.28. The summed E-state index contributed by atoms with van der Waals surface area (Å²) in [4.78, 5) is 3.97. The third-order valence-electron chi connectivity index (χ3n) is 1.69. The summed E-state index contributed by atoms with van der Waals surface area (Å²) in [6.45, 7) is 4.91. The van der Waals surface area contributed by atoms with E-state index in [0.717, 1.165) is 11.5 Å². The number of hydrogen-bond acceptors (Lipinski definition) is 3. The topological polar surface area (TPSA) is 22.1 Å². The van der Waals surface area contributed by atoms with Crippen molar-refractivity contribution in [1.82, 2.24) is 4.98 Å². The highest BCUT2D eigenvalue weighted by molar-refractivity contribution is 7.80. The zero-order chi connectivity index (χ0) is 9.73. The average Bonchev–Trinajstić information content (AvgIpc) is 2.17. The summed E-state index contributed by atoms with van der Waals surface area (Å²) >= 11 is 4.25. The molecule has 0 bridgehead atoms. The van der Waals surface area contributed by atoms with Gasteiger partial charge in [-0.15, -0.1) is 0 Å². The molecule has 0 N–H and O–H groups in total. The second-order valence-electron chi connectivity index (χ2n) is 3.80. The van der Waals surface area contributed by atoms with Gasteiger partial charge in [0.05, 0.1) is 12.8 Å². The van der Waals surface area contributed by atoms with Crippen molar-refractivity contribution in [3.05, 3.63) is 24.5 Å². The molecule has 0 aliphatic heterocycles. The number of rotatable bonds is 4. The zero-order valence-corrected chi connectivity index (χ0v) is 8.92. The minimum absolute atomic E-state index is 0.110. The third-order valence-corrected chi connectivity index (χ3v) is 2.55. The first kappa shape index (κ1) is 10.4. The molecule has 1 heterocycles. The lowest BCUT2D eigenvalue weighted by molar-refractivity contribution is 0.201. The molecule has 0 atom stereocenters. The van der Waals surface area contributed by atoms with Gasteiger partial charge in [0.2, 0.25) is 0 Å². The molecule has 0 aliphatic carbocycles. The van der Waals surface area contributed by atoms with Crippen LogP contribution in [0.4, 0.5) is 0 Å². The normalized spacial score (nSPS) is 11.3. The van der Waals surface area contributed by atoms with Gasteiger partial charge in [0, 0.05) is 11.6 Å². The van der Waals surface area contributed by atoms with Gasteiger partial charge in [-0.25, -0.2) is 0 Å². The summed E-state index contributed by atoms with van der Waals surface area (Å²) in [7, 11) is 0. The SMILES string of the molecule is CC(C)(CS)COc1cccnc1. The van der Waals surface area contributed by atoms with E-state index in [1.165, 1.54) is 0 Å². The monoisotopic (exact) mass is 197 g/mol. The van der Waals surface area contributed by atoms with Gasteiger partial charge >= 0.3 is 0 Å². The standard InChI is InChI=1S/C10H15NOS/c1-10(2,8-13)7-12-9-4-3-5-11-6-9/h3-6,13H,7-8H2,1-2H3. The van der Waals surface area contributed by atoms with E-state index in [1.807, 2.05) is 12.1 Å². The van der Waals surface area contributed by atoms with E-state index in [0.29, 0.717) is 6.61 Å². The fourth-order valence-electron chi connectivity index (χ4n) is 0.757. The highest BCUT2D eigenvalue weighted by Crippen LogP contribution is 2.18. The van der Waals surface area contributed by atoms with Gasteiger partial charge in [-0.05, 0) is 17.9 Å². The van der Waals surface area contributed by atoms with Crippen molar-refractivity contribution in [3.63, 3.8) is 0 Å². The summed E-state index contributed by atoms with van der Waals surface area (Å²) in [6.07, 6.45) is 3.45. The van der Waals surface area contributed by atoms with Crippen molar-refractivity contribution in [2.45, 2.75) is 13.8 Å². The Kier molecular flexibility index (Phi) is 3.60. The molecule has 0 unspecified atom stereocenters. The lowest BCUT2D eigenvalue weighted by Gasteiger charge is -2.21. The van der Waals surface area contributed by atoms with Gasteiger partial charge in [-0.3, -0.25) is 4.98 Å². The Morgan fingerprint density at radius 1 is 1.54 bits per heavy atom. The van der Waals surface area contributed by atoms with Crippen molar-refractivity contribution in [1.29, 1.82) is 0 Å². The molecule has 0 aliphatic rings. The van der Waals surface area contributed by atoms with E-state index in [9.17, 15) is 0 Å². The van der Waals surface area contributed by atoms with Crippen molar-refractivity contribution >= 4 is 12.6 Å². The Labute approximate surface area is 84.7 Å². The second-order valence-corrected chi connectivity index (χ2v) is 4.12. The van der Waals surface area contributed by atoms with Gasteiger partial charge in [0.25, 0.3) is 0 Å². The Balaban J connectivity index is 2.44. The van der Waals surface area contributed by atoms with E-state index in [-0.39, 0.29) is 5.41 Å². The van der Waals surface area contributed by atoms with E-state index >= 15 is 0 Å². The van der Waals surface area contributed by atoms with Gasteiger partial charge < -0.3 is 4.74 Å². The molecule has 0 saturated carbocycles. The minimum Gasteiger partial charge on any atom is -0.491 e. The first-order chi connectivity index (χ1) is 6.14. The zero-order valence-electron chi connectivity index (χ0n) is 8.03. The molecule has 1 rings (SSSR count). The van der Waals surface area contributed by atoms with Gasteiger partial charge in [0.1, 0.15) is 5.75 Å². The van der Waals surface area contributed by atoms with E-state index < -0.39 is 0 Å². The van der Waals surface area contributed by atoms with Crippen LogP contribution in [0, 0.1) is 5.41 Å². The molecule has 1 aromatic rings. The first-order valence-corrected chi connectivity index (χ1v) is 4.91. The number of nitrogens with zero attached hydrogens (tertiary/aromatic N) is 1. The Morgan fingerprint density at radius 2 is 2.31 bits per heavy atom. The van der Waals surface area contributed by atoms with Crippen LogP contribution in [0.25, 0.3) is 0 Å². The van der Waals surface area contributed by atoms with Gasteiger partial charge in [-0.1, -0.05) is 13.8 Å². The minimum atomic E-state index is 0.110. The molecular formula is C10H15NOS. The number of ether oxygens (including phenoxy) is 1. The van der Waals surface area contributed by atoms with Crippen molar-refractivity contribution in [2.75, 3.05) is 12.4 Å². The fraction of sp³-hybridized carbons (Fsp3) is 0.500. The molecule has 0 saturated heterocycles. The lowest BCUT2D eigenvalue weighted by Crippen LogP contribution is -2.23. The summed E-state index contributed by atoms with van der Waals surface area (Å²) in [6, 6.07) is 3.77. The quantitative estimate of drug-likeness (QED) is 0.749. The molecule has 0 amide bonds. The highest BCUT2D eigenvalue weighted by atomic mass is 32.1. The molecule has 2 nitrogen and oxygen atoms in total. The molecule has 13 heavy (non-hydrogen) atoms. The van der Waals surface area contributed by atoms with Crippen LogP contribution in [0.15, 0.2) is 24.5 Å². The largest absolute Gasteiger partial charge is 0.491 e.